The summed E-state index contributed by atoms with van der Waals surface area (Å²) < 4.78 is 41.4. The maximum Gasteiger partial charge on any atom is 0.573 e. The molecule has 3 N–H and O–H groups in total. The summed E-state index contributed by atoms with van der Waals surface area (Å²) in [4.78, 5) is 4.33. The molecule has 0 bridgehead atoms. The van der Waals surface area contributed by atoms with E-state index in [1.54, 1.807) is 12.1 Å². The summed E-state index contributed by atoms with van der Waals surface area (Å²) in [7, 11) is 0. The average molecular weight is 360 g/mol. The highest BCUT2D eigenvalue weighted by Crippen LogP contribution is 2.26. The molecular weight excluding hydrogens is 333 g/mol. The Labute approximate surface area is 147 Å². The van der Waals surface area contributed by atoms with E-state index in [1.165, 1.54) is 12.1 Å². The third kappa shape index (κ3) is 9.81. The number of nitrogens with zero attached hydrogens (tertiary/aromatic N) is 1. The SMILES string of the molecule is CCNC(=NCc1ccccc1OC(F)(F)F)NCCNC(C)(C)C. The number of aliphatic imine (C=N–C) groups is 1. The van der Waals surface area contributed by atoms with E-state index in [0.717, 1.165) is 6.54 Å². The Kier molecular flexibility index (Phi) is 8.02. The number of benzene rings is 1. The van der Waals surface area contributed by atoms with Crippen molar-refractivity contribution < 1.29 is 17.9 Å². The van der Waals surface area contributed by atoms with Crippen LogP contribution in [0.5, 0.6) is 5.75 Å². The largest absolute Gasteiger partial charge is 0.573 e. The maximum absolute atomic E-state index is 12.5. The molecule has 25 heavy (non-hydrogen) atoms. The van der Waals surface area contributed by atoms with Crippen molar-refractivity contribution in [1.82, 2.24) is 16.0 Å². The zero-order valence-corrected chi connectivity index (χ0v) is 15.1. The van der Waals surface area contributed by atoms with E-state index in [9.17, 15) is 13.2 Å². The Morgan fingerprint density at radius 1 is 1.08 bits per heavy atom. The van der Waals surface area contributed by atoms with Gasteiger partial charge < -0.3 is 20.7 Å². The van der Waals surface area contributed by atoms with Crippen molar-refractivity contribution in [3.8, 4) is 5.75 Å². The van der Waals surface area contributed by atoms with Crippen molar-refractivity contribution in [3.05, 3.63) is 29.8 Å². The third-order valence-corrected chi connectivity index (χ3v) is 3.02. The average Bonchev–Trinajstić information content (AvgIpc) is 2.47. The zero-order chi connectivity index (χ0) is 18.9. The van der Waals surface area contributed by atoms with Crippen LogP contribution >= 0.6 is 0 Å². The van der Waals surface area contributed by atoms with Crippen LogP contribution < -0.4 is 20.7 Å². The third-order valence-electron chi connectivity index (χ3n) is 3.02. The summed E-state index contributed by atoms with van der Waals surface area (Å²) in [6.45, 7) is 10.3. The summed E-state index contributed by atoms with van der Waals surface area (Å²) in [5.74, 6) is 0.309. The van der Waals surface area contributed by atoms with Crippen LogP contribution in [0.15, 0.2) is 29.3 Å². The van der Waals surface area contributed by atoms with Crippen molar-refractivity contribution >= 4 is 5.96 Å². The lowest BCUT2D eigenvalue weighted by molar-refractivity contribution is -0.274. The van der Waals surface area contributed by atoms with Gasteiger partial charge in [0, 0.05) is 30.7 Å². The van der Waals surface area contributed by atoms with Crippen molar-refractivity contribution in [2.45, 2.75) is 46.1 Å². The fourth-order valence-corrected chi connectivity index (χ4v) is 1.98. The number of rotatable bonds is 7. The molecule has 1 rings (SSSR count). The van der Waals surface area contributed by atoms with Gasteiger partial charge in [-0.3, -0.25) is 0 Å². The lowest BCUT2D eigenvalue weighted by Gasteiger charge is -2.21. The predicted molar refractivity (Wildman–Crippen MR) is 93.7 cm³/mol. The summed E-state index contributed by atoms with van der Waals surface area (Å²) >= 11 is 0. The lowest BCUT2D eigenvalue weighted by atomic mass is 10.1. The summed E-state index contributed by atoms with van der Waals surface area (Å²) in [6, 6.07) is 6.00. The number of para-hydroxylation sites is 1. The molecule has 0 unspecified atom stereocenters. The Balaban J connectivity index is 2.68. The van der Waals surface area contributed by atoms with Gasteiger partial charge in [0.05, 0.1) is 6.54 Å². The monoisotopic (exact) mass is 360 g/mol. The minimum Gasteiger partial charge on any atom is -0.405 e. The van der Waals surface area contributed by atoms with Crippen molar-refractivity contribution in [2.24, 2.45) is 4.99 Å². The lowest BCUT2D eigenvalue weighted by Crippen LogP contribution is -2.44. The number of alkyl halides is 3. The van der Waals surface area contributed by atoms with Gasteiger partial charge in [0.15, 0.2) is 5.96 Å². The molecule has 0 saturated carbocycles. The van der Waals surface area contributed by atoms with Crippen LogP contribution in [0, 0.1) is 0 Å². The summed E-state index contributed by atoms with van der Waals surface area (Å²) in [6.07, 6.45) is -4.72. The Hall–Kier alpha value is -1.96. The van der Waals surface area contributed by atoms with E-state index in [1.807, 2.05) is 6.92 Å². The van der Waals surface area contributed by atoms with Crippen molar-refractivity contribution in [3.63, 3.8) is 0 Å². The highest BCUT2D eigenvalue weighted by Gasteiger charge is 2.31. The number of hydrogen-bond donors (Lipinski definition) is 3. The molecule has 0 aliphatic carbocycles. The van der Waals surface area contributed by atoms with Crippen LogP contribution in [0.25, 0.3) is 0 Å². The molecule has 0 saturated heterocycles. The van der Waals surface area contributed by atoms with Crippen LogP contribution in [-0.4, -0.2) is 37.5 Å². The van der Waals surface area contributed by atoms with Crippen LogP contribution in [0.4, 0.5) is 13.2 Å². The molecule has 5 nitrogen and oxygen atoms in total. The van der Waals surface area contributed by atoms with Gasteiger partial charge in [-0.1, -0.05) is 18.2 Å². The first-order valence-electron chi connectivity index (χ1n) is 8.21. The second kappa shape index (κ2) is 9.50. The minimum absolute atomic E-state index is 0.0189. The summed E-state index contributed by atoms with van der Waals surface area (Å²) in [5, 5.41) is 9.55. The van der Waals surface area contributed by atoms with Crippen LogP contribution in [0.3, 0.4) is 0 Å². The molecule has 8 heteroatoms. The first-order chi connectivity index (χ1) is 11.6. The van der Waals surface area contributed by atoms with Crippen LogP contribution in [0.1, 0.15) is 33.3 Å². The number of guanidine groups is 1. The fourth-order valence-electron chi connectivity index (χ4n) is 1.98. The van der Waals surface area contributed by atoms with E-state index in [-0.39, 0.29) is 17.8 Å². The molecule has 0 atom stereocenters. The van der Waals surface area contributed by atoms with E-state index < -0.39 is 6.36 Å². The maximum atomic E-state index is 12.5. The van der Waals surface area contributed by atoms with Gasteiger partial charge in [0.25, 0.3) is 0 Å². The number of hydrogen-bond acceptors (Lipinski definition) is 3. The molecule has 0 radical (unpaired) electrons. The number of ether oxygens (including phenoxy) is 1. The number of nitrogens with one attached hydrogen (secondary N) is 3. The second-order valence-corrected chi connectivity index (χ2v) is 6.45. The van der Waals surface area contributed by atoms with Crippen molar-refractivity contribution in [1.29, 1.82) is 0 Å². The Morgan fingerprint density at radius 2 is 1.76 bits per heavy atom. The molecule has 0 heterocycles. The van der Waals surface area contributed by atoms with Gasteiger partial charge in [-0.15, -0.1) is 13.2 Å². The number of halogens is 3. The van der Waals surface area contributed by atoms with Gasteiger partial charge in [-0.25, -0.2) is 4.99 Å². The topological polar surface area (TPSA) is 57.7 Å². The normalized spacial score (nSPS) is 12.8. The summed E-state index contributed by atoms with van der Waals surface area (Å²) in [5.41, 5.74) is 0.384. The smallest absolute Gasteiger partial charge is 0.405 e. The quantitative estimate of drug-likeness (QED) is 0.397. The first kappa shape index (κ1) is 21.1. The molecule has 0 spiro atoms. The van der Waals surface area contributed by atoms with E-state index in [4.69, 9.17) is 0 Å². The predicted octanol–water partition coefficient (Wildman–Crippen LogP) is 3.03. The standard InChI is InChI=1S/C17H27F3N4O/c1-5-21-15(22-10-11-24-16(2,3)4)23-12-13-8-6-7-9-14(13)25-17(18,19)20/h6-9,24H,5,10-12H2,1-4H3,(H2,21,22,23). The Bertz CT molecular complexity index is 554. The molecule has 1 aromatic rings. The van der Waals surface area contributed by atoms with E-state index in [2.05, 4.69) is 46.5 Å². The molecule has 142 valence electrons. The molecule has 0 aliphatic heterocycles. The molecule has 0 fully saturated rings. The fraction of sp³-hybridized carbons (Fsp3) is 0.588. The van der Waals surface area contributed by atoms with Gasteiger partial charge >= 0.3 is 6.36 Å². The van der Waals surface area contributed by atoms with Gasteiger partial charge in [0.2, 0.25) is 0 Å². The molecular formula is C17H27F3N4O. The van der Waals surface area contributed by atoms with Crippen molar-refractivity contribution in [2.75, 3.05) is 19.6 Å². The van der Waals surface area contributed by atoms with Gasteiger partial charge in [0.1, 0.15) is 5.75 Å². The molecule has 1 aromatic carbocycles. The highest BCUT2D eigenvalue weighted by atomic mass is 19.4. The zero-order valence-electron chi connectivity index (χ0n) is 15.1. The van der Waals surface area contributed by atoms with E-state index >= 15 is 0 Å². The molecule has 0 aromatic heterocycles. The first-order valence-corrected chi connectivity index (χ1v) is 8.21. The van der Waals surface area contributed by atoms with Gasteiger partial charge in [-0.05, 0) is 33.8 Å². The van der Waals surface area contributed by atoms with Gasteiger partial charge in [-0.2, -0.15) is 0 Å². The molecule has 0 aliphatic rings. The van der Waals surface area contributed by atoms with Crippen LogP contribution in [0.2, 0.25) is 0 Å². The highest BCUT2D eigenvalue weighted by molar-refractivity contribution is 5.79. The van der Waals surface area contributed by atoms with E-state index in [0.29, 0.717) is 24.6 Å². The second-order valence-electron chi connectivity index (χ2n) is 6.45. The van der Waals surface area contributed by atoms with Crippen LogP contribution in [-0.2, 0) is 6.54 Å². The Morgan fingerprint density at radius 3 is 2.36 bits per heavy atom. The molecule has 0 amide bonds. The minimum atomic E-state index is -4.72.